The van der Waals surface area contributed by atoms with Gasteiger partial charge in [-0.15, -0.1) is 0 Å². The van der Waals surface area contributed by atoms with Crippen molar-refractivity contribution in [3.8, 4) is 0 Å². The Morgan fingerprint density at radius 1 is 0.950 bits per heavy atom. The molecule has 0 spiro atoms. The molecule has 0 aliphatic heterocycles. The zero-order valence-corrected chi connectivity index (χ0v) is 13.8. The van der Waals surface area contributed by atoms with Crippen LogP contribution in [-0.4, -0.2) is 5.91 Å². The van der Waals surface area contributed by atoms with Crippen molar-refractivity contribution in [2.24, 2.45) is 0 Å². The van der Waals surface area contributed by atoms with E-state index in [9.17, 15) is 4.79 Å². The monoisotopic (exact) mass is 331 g/mol. The Hall–Kier alpha value is -1.61. The number of anilines is 1. The first-order valence-electron chi connectivity index (χ1n) is 6.54. The molecule has 0 radical (unpaired) electrons. The summed E-state index contributed by atoms with van der Waals surface area (Å²) in [5.41, 5.74) is 5.99. The highest BCUT2D eigenvalue weighted by molar-refractivity contribution is 9.10. The molecule has 3 heteroatoms. The van der Waals surface area contributed by atoms with E-state index >= 15 is 0 Å². The van der Waals surface area contributed by atoms with E-state index in [2.05, 4.69) is 40.3 Å². The standard InChI is InChI=1S/C17H18BrNO/c1-10-5-6-15(18)14(9-10)17(20)19-16-12(3)7-11(2)8-13(16)4/h5-9H,1-4H3,(H,19,20). The molecule has 0 bridgehead atoms. The average Bonchev–Trinajstić information content (AvgIpc) is 2.36. The Bertz CT molecular complexity index is 654. The van der Waals surface area contributed by atoms with Crippen molar-refractivity contribution in [2.45, 2.75) is 27.7 Å². The van der Waals surface area contributed by atoms with Gasteiger partial charge in [0, 0.05) is 10.2 Å². The number of carbonyl (C=O) groups excluding carboxylic acids is 1. The molecule has 0 unspecified atom stereocenters. The van der Waals surface area contributed by atoms with Gasteiger partial charge in [-0.3, -0.25) is 4.79 Å². The van der Waals surface area contributed by atoms with Crippen molar-refractivity contribution in [1.29, 1.82) is 0 Å². The lowest BCUT2D eigenvalue weighted by Gasteiger charge is -2.13. The van der Waals surface area contributed by atoms with Crippen molar-refractivity contribution >= 4 is 27.5 Å². The number of hydrogen-bond acceptors (Lipinski definition) is 1. The van der Waals surface area contributed by atoms with Crippen LogP contribution in [0.2, 0.25) is 0 Å². The summed E-state index contributed by atoms with van der Waals surface area (Å²) in [5.74, 6) is -0.0874. The highest BCUT2D eigenvalue weighted by Gasteiger charge is 2.13. The molecule has 0 fully saturated rings. The van der Waals surface area contributed by atoms with Crippen LogP contribution in [0.15, 0.2) is 34.8 Å². The Morgan fingerprint density at radius 3 is 2.15 bits per heavy atom. The highest BCUT2D eigenvalue weighted by Crippen LogP contribution is 2.24. The molecular weight excluding hydrogens is 314 g/mol. The van der Waals surface area contributed by atoms with Crippen molar-refractivity contribution in [2.75, 3.05) is 5.32 Å². The number of carbonyl (C=O) groups is 1. The minimum Gasteiger partial charge on any atom is -0.321 e. The van der Waals surface area contributed by atoms with Gasteiger partial charge in [0.05, 0.1) is 5.56 Å². The number of benzene rings is 2. The summed E-state index contributed by atoms with van der Waals surface area (Å²) in [5, 5.41) is 3.02. The van der Waals surface area contributed by atoms with Crippen molar-refractivity contribution < 1.29 is 4.79 Å². The van der Waals surface area contributed by atoms with Gasteiger partial charge >= 0.3 is 0 Å². The SMILES string of the molecule is Cc1cc(C)c(NC(=O)c2cc(C)ccc2Br)c(C)c1. The largest absolute Gasteiger partial charge is 0.321 e. The van der Waals surface area contributed by atoms with Crippen molar-refractivity contribution in [1.82, 2.24) is 0 Å². The number of halogens is 1. The summed E-state index contributed by atoms with van der Waals surface area (Å²) in [6.45, 7) is 8.07. The predicted octanol–water partition coefficient (Wildman–Crippen LogP) is 4.94. The number of aryl methyl sites for hydroxylation is 4. The predicted molar refractivity (Wildman–Crippen MR) is 87.5 cm³/mol. The fourth-order valence-corrected chi connectivity index (χ4v) is 2.80. The summed E-state index contributed by atoms with van der Waals surface area (Å²) in [6.07, 6.45) is 0. The molecule has 2 rings (SSSR count). The zero-order valence-electron chi connectivity index (χ0n) is 12.2. The molecule has 0 saturated heterocycles. The number of nitrogens with one attached hydrogen (secondary N) is 1. The first-order valence-corrected chi connectivity index (χ1v) is 7.33. The van der Waals surface area contributed by atoms with Crippen LogP contribution in [0.1, 0.15) is 32.6 Å². The summed E-state index contributed by atoms with van der Waals surface area (Å²) in [4.78, 5) is 12.4. The first-order chi connectivity index (χ1) is 9.38. The van der Waals surface area contributed by atoms with Crippen LogP contribution in [0, 0.1) is 27.7 Å². The summed E-state index contributed by atoms with van der Waals surface area (Å²) < 4.78 is 0.808. The van der Waals surface area contributed by atoms with E-state index in [0.29, 0.717) is 5.56 Å². The summed E-state index contributed by atoms with van der Waals surface area (Å²) in [7, 11) is 0. The third kappa shape index (κ3) is 3.10. The molecule has 20 heavy (non-hydrogen) atoms. The number of amides is 1. The quantitative estimate of drug-likeness (QED) is 0.830. The molecule has 2 aromatic carbocycles. The molecule has 0 aliphatic rings. The highest BCUT2D eigenvalue weighted by atomic mass is 79.9. The van der Waals surface area contributed by atoms with E-state index < -0.39 is 0 Å². The molecular formula is C17H18BrNO. The summed E-state index contributed by atoms with van der Waals surface area (Å²) >= 11 is 3.43. The first kappa shape index (κ1) is 14.8. The second-order valence-corrected chi connectivity index (χ2v) is 6.07. The van der Waals surface area contributed by atoms with Crippen molar-refractivity contribution in [3.63, 3.8) is 0 Å². The van der Waals surface area contributed by atoms with Crippen LogP contribution in [0.25, 0.3) is 0 Å². The minimum absolute atomic E-state index is 0.0874. The average molecular weight is 332 g/mol. The molecule has 1 N–H and O–H groups in total. The number of hydrogen-bond donors (Lipinski definition) is 1. The van der Waals surface area contributed by atoms with Gasteiger partial charge in [-0.2, -0.15) is 0 Å². The van der Waals surface area contributed by atoms with Crippen LogP contribution >= 0.6 is 15.9 Å². The topological polar surface area (TPSA) is 29.1 Å². The van der Waals surface area contributed by atoms with Gasteiger partial charge in [-0.1, -0.05) is 29.3 Å². The van der Waals surface area contributed by atoms with E-state index in [-0.39, 0.29) is 5.91 Å². The lowest BCUT2D eigenvalue weighted by molar-refractivity contribution is 0.102. The van der Waals surface area contributed by atoms with E-state index in [1.807, 2.05) is 39.0 Å². The van der Waals surface area contributed by atoms with Gasteiger partial charge in [0.25, 0.3) is 5.91 Å². The van der Waals surface area contributed by atoms with Gasteiger partial charge in [-0.05, 0) is 66.9 Å². The fourth-order valence-electron chi connectivity index (χ4n) is 2.37. The fraction of sp³-hybridized carbons (Fsp3) is 0.235. The van der Waals surface area contributed by atoms with E-state index in [4.69, 9.17) is 0 Å². The van der Waals surface area contributed by atoms with E-state index in [0.717, 1.165) is 26.9 Å². The molecule has 0 aromatic heterocycles. The second kappa shape index (κ2) is 5.80. The third-order valence-electron chi connectivity index (χ3n) is 3.28. The zero-order chi connectivity index (χ0) is 14.9. The molecule has 2 nitrogen and oxygen atoms in total. The number of rotatable bonds is 2. The second-order valence-electron chi connectivity index (χ2n) is 5.21. The lowest BCUT2D eigenvalue weighted by atomic mass is 10.0. The smallest absolute Gasteiger partial charge is 0.256 e. The van der Waals surface area contributed by atoms with Crippen LogP contribution in [-0.2, 0) is 0 Å². The Morgan fingerprint density at radius 2 is 1.55 bits per heavy atom. The third-order valence-corrected chi connectivity index (χ3v) is 3.97. The van der Waals surface area contributed by atoms with E-state index in [1.54, 1.807) is 0 Å². The Labute approximate surface area is 128 Å². The van der Waals surface area contributed by atoms with Crippen LogP contribution < -0.4 is 5.32 Å². The van der Waals surface area contributed by atoms with Gasteiger partial charge in [0.15, 0.2) is 0 Å². The molecule has 2 aromatic rings. The lowest BCUT2D eigenvalue weighted by Crippen LogP contribution is -2.14. The molecule has 0 saturated carbocycles. The maximum absolute atomic E-state index is 12.4. The van der Waals surface area contributed by atoms with Crippen LogP contribution in [0.4, 0.5) is 5.69 Å². The van der Waals surface area contributed by atoms with Gasteiger partial charge in [-0.25, -0.2) is 0 Å². The van der Waals surface area contributed by atoms with Crippen molar-refractivity contribution in [3.05, 3.63) is 62.6 Å². The maximum atomic E-state index is 12.4. The van der Waals surface area contributed by atoms with Crippen LogP contribution in [0.5, 0.6) is 0 Å². The molecule has 104 valence electrons. The van der Waals surface area contributed by atoms with Crippen LogP contribution in [0.3, 0.4) is 0 Å². The molecule has 0 heterocycles. The molecule has 0 atom stereocenters. The van der Waals surface area contributed by atoms with Gasteiger partial charge in [0.2, 0.25) is 0 Å². The van der Waals surface area contributed by atoms with Gasteiger partial charge < -0.3 is 5.32 Å². The Balaban J connectivity index is 2.35. The molecule has 0 aliphatic carbocycles. The normalized spacial score (nSPS) is 10.4. The summed E-state index contributed by atoms with van der Waals surface area (Å²) in [6, 6.07) is 9.92. The van der Waals surface area contributed by atoms with E-state index in [1.165, 1.54) is 5.56 Å². The molecule has 1 amide bonds. The minimum atomic E-state index is -0.0874. The van der Waals surface area contributed by atoms with Gasteiger partial charge in [0.1, 0.15) is 0 Å². The maximum Gasteiger partial charge on any atom is 0.256 e. The Kier molecular flexibility index (Phi) is 4.29.